The molecule has 0 radical (unpaired) electrons. The van der Waals surface area contributed by atoms with Crippen LogP contribution < -0.4 is 10.6 Å². The first kappa shape index (κ1) is 20.1. The summed E-state index contributed by atoms with van der Waals surface area (Å²) in [6, 6.07) is 5.69. The highest BCUT2D eigenvalue weighted by Crippen LogP contribution is 2.27. The van der Waals surface area contributed by atoms with Crippen LogP contribution in [0.1, 0.15) is 28.8 Å². The number of hydrogen-bond acceptors (Lipinski definition) is 5. The van der Waals surface area contributed by atoms with Gasteiger partial charge in [0, 0.05) is 29.6 Å². The minimum atomic E-state index is -4.72. The predicted octanol–water partition coefficient (Wildman–Crippen LogP) is 2.93. The van der Waals surface area contributed by atoms with Gasteiger partial charge in [-0.25, -0.2) is 9.97 Å². The molecule has 10 heteroatoms. The number of benzene rings is 1. The number of halogens is 3. The van der Waals surface area contributed by atoms with E-state index in [0.29, 0.717) is 16.9 Å². The van der Waals surface area contributed by atoms with Crippen molar-refractivity contribution in [1.82, 2.24) is 19.7 Å². The van der Waals surface area contributed by atoms with E-state index in [1.54, 1.807) is 28.9 Å². The van der Waals surface area contributed by atoms with Gasteiger partial charge in [-0.1, -0.05) is 6.07 Å². The Morgan fingerprint density at radius 2 is 2.10 bits per heavy atom. The zero-order chi connectivity index (χ0) is 21.5. The van der Waals surface area contributed by atoms with E-state index in [4.69, 9.17) is 0 Å². The molecule has 7 nitrogen and oxygen atoms in total. The van der Waals surface area contributed by atoms with E-state index < -0.39 is 18.8 Å². The van der Waals surface area contributed by atoms with Crippen molar-refractivity contribution in [3.05, 3.63) is 47.9 Å². The van der Waals surface area contributed by atoms with E-state index in [-0.39, 0.29) is 17.8 Å². The molecule has 1 unspecified atom stereocenters. The number of aliphatic hydroxyl groups is 1. The summed E-state index contributed by atoms with van der Waals surface area (Å²) in [5.41, 5.74) is 3.24. The maximum Gasteiger partial charge on any atom is 0.416 e. The standard InChI is InChI=1S/C20H20F3N5O2/c1-11-8-12(2-5-14(11)19(30)27-13-3-4-13)15-9-26-18-17(24-6-7-28(15)18)25-10-16(29)20(21,22)23/h2,5-9,13,16,29H,3-4,10H2,1H3,(H,24,25)(H,27,30). The lowest BCUT2D eigenvalue weighted by Gasteiger charge is -2.15. The number of aryl methyl sites for hydroxylation is 1. The number of nitrogens with zero attached hydrogens (tertiary/aromatic N) is 3. The van der Waals surface area contributed by atoms with Gasteiger partial charge in [0.05, 0.1) is 18.4 Å². The Bertz CT molecular complexity index is 1090. The van der Waals surface area contributed by atoms with Crippen molar-refractivity contribution in [2.24, 2.45) is 0 Å². The van der Waals surface area contributed by atoms with Crippen molar-refractivity contribution in [2.45, 2.75) is 38.1 Å². The molecule has 0 bridgehead atoms. The number of anilines is 1. The SMILES string of the molecule is Cc1cc(-c2cnc3c(NCC(O)C(F)(F)F)nccn23)ccc1C(=O)NC1CC1. The summed E-state index contributed by atoms with van der Waals surface area (Å²) >= 11 is 0. The first-order valence-corrected chi connectivity index (χ1v) is 9.46. The van der Waals surface area contributed by atoms with Gasteiger partial charge in [-0.05, 0) is 37.5 Å². The molecule has 1 aliphatic carbocycles. The Balaban J connectivity index is 1.59. The zero-order valence-corrected chi connectivity index (χ0v) is 16.1. The molecule has 158 valence electrons. The first-order valence-electron chi connectivity index (χ1n) is 9.46. The lowest BCUT2D eigenvalue weighted by molar-refractivity contribution is -0.198. The molecule has 1 amide bonds. The third-order valence-electron chi connectivity index (χ3n) is 4.95. The van der Waals surface area contributed by atoms with Crippen LogP contribution >= 0.6 is 0 Å². The van der Waals surface area contributed by atoms with E-state index in [1.165, 1.54) is 6.20 Å². The summed E-state index contributed by atoms with van der Waals surface area (Å²) in [5, 5.41) is 14.7. The summed E-state index contributed by atoms with van der Waals surface area (Å²) in [6.07, 6.45) is -0.544. The Morgan fingerprint density at radius 3 is 2.77 bits per heavy atom. The minimum absolute atomic E-state index is 0.0985. The molecule has 1 aliphatic rings. The molecule has 0 aliphatic heterocycles. The van der Waals surface area contributed by atoms with E-state index in [1.807, 2.05) is 13.0 Å². The van der Waals surface area contributed by atoms with Crippen LogP contribution in [0.15, 0.2) is 36.8 Å². The number of fused-ring (bicyclic) bond motifs is 1. The fraction of sp³-hybridized carbons (Fsp3) is 0.350. The highest BCUT2D eigenvalue weighted by Gasteiger charge is 2.38. The molecule has 30 heavy (non-hydrogen) atoms. The molecule has 0 spiro atoms. The lowest BCUT2D eigenvalue weighted by Crippen LogP contribution is -2.35. The fourth-order valence-electron chi connectivity index (χ4n) is 3.14. The van der Waals surface area contributed by atoms with Crippen molar-refractivity contribution in [2.75, 3.05) is 11.9 Å². The van der Waals surface area contributed by atoms with Crippen molar-refractivity contribution < 1.29 is 23.1 Å². The Labute approximate surface area is 170 Å². The molecule has 3 aromatic rings. The van der Waals surface area contributed by atoms with Gasteiger partial charge >= 0.3 is 6.18 Å². The van der Waals surface area contributed by atoms with Crippen LogP contribution in [0.25, 0.3) is 16.9 Å². The van der Waals surface area contributed by atoms with Crippen LogP contribution in [0.4, 0.5) is 19.0 Å². The van der Waals surface area contributed by atoms with Gasteiger partial charge in [0.1, 0.15) is 0 Å². The number of carbonyl (C=O) groups is 1. The molecule has 1 saturated carbocycles. The maximum absolute atomic E-state index is 12.5. The number of aromatic nitrogens is 3. The predicted molar refractivity (Wildman–Crippen MR) is 104 cm³/mol. The summed E-state index contributed by atoms with van der Waals surface area (Å²) in [7, 11) is 0. The molecule has 3 N–H and O–H groups in total. The molecule has 0 saturated heterocycles. The second-order valence-corrected chi connectivity index (χ2v) is 7.33. The van der Waals surface area contributed by atoms with E-state index in [9.17, 15) is 23.1 Å². The minimum Gasteiger partial charge on any atom is -0.382 e. The van der Waals surface area contributed by atoms with Crippen molar-refractivity contribution >= 4 is 17.4 Å². The number of nitrogens with one attached hydrogen (secondary N) is 2. The van der Waals surface area contributed by atoms with Crippen LogP contribution in [-0.2, 0) is 0 Å². The number of rotatable bonds is 6. The molecule has 1 fully saturated rings. The van der Waals surface area contributed by atoms with Gasteiger partial charge in [-0.2, -0.15) is 13.2 Å². The topological polar surface area (TPSA) is 91.6 Å². The molecule has 2 heterocycles. The maximum atomic E-state index is 12.5. The second-order valence-electron chi connectivity index (χ2n) is 7.33. The number of alkyl halides is 3. The van der Waals surface area contributed by atoms with Gasteiger partial charge in [-0.15, -0.1) is 0 Å². The number of carbonyl (C=O) groups excluding carboxylic acids is 1. The van der Waals surface area contributed by atoms with E-state index in [2.05, 4.69) is 20.6 Å². The lowest BCUT2D eigenvalue weighted by atomic mass is 10.0. The van der Waals surface area contributed by atoms with Crippen molar-refractivity contribution in [3.8, 4) is 11.3 Å². The number of imidazole rings is 1. The molecule has 1 atom stereocenters. The monoisotopic (exact) mass is 419 g/mol. The van der Waals surface area contributed by atoms with Crippen LogP contribution in [0.2, 0.25) is 0 Å². The smallest absolute Gasteiger partial charge is 0.382 e. The zero-order valence-electron chi connectivity index (χ0n) is 16.1. The van der Waals surface area contributed by atoms with Crippen LogP contribution in [0.3, 0.4) is 0 Å². The molecule has 2 aromatic heterocycles. The Kier molecular flexibility index (Phi) is 5.10. The number of amides is 1. The van der Waals surface area contributed by atoms with Crippen LogP contribution in [0.5, 0.6) is 0 Å². The van der Waals surface area contributed by atoms with Gasteiger partial charge in [-0.3, -0.25) is 9.20 Å². The van der Waals surface area contributed by atoms with Gasteiger partial charge in [0.25, 0.3) is 5.91 Å². The number of hydrogen-bond donors (Lipinski definition) is 3. The van der Waals surface area contributed by atoms with Crippen LogP contribution in [0, 0.1) is 6.92 Å². The summed E-state index contributed by atoms with van der Waals surface area (Å²) in [4.78, 5) is 20.6. The summed E-state index contributed by atoms with van der Waals surface area (Å²) < 4.78 is 39.3. The summed E-state index contributed by atoms with van der Waals surface area (Å²) in [6.45, 7) is 1.11. The van der Waals surface area contributed by atoms with Crippen molar-refractivity contribution in [1.29, 1.82) is 0 Å². The molecule has 1 aromatic carbocycles. The van der Waals surface area contributed by atoms with E-state index in [0.717, 1.165) is 24.0 Å². The quantitative estimate of drug-likeness (QED) is 0.572. The Morgan fingerprint density at radius 1 is 1.33 bits per heavy atom. The highest BCUT2D eigenvalue weighted by molar-refractivity contribution is 5.96. The molecule has 4 rings (SSSR count). The largest absolute Gasteiger partial charge is 0.416 e. The van der Waals surface area contributed by atoms with E-state index >= 15 is 0 Å². The first-order chi connectivity index (χ1) is 14.2. The van der Waals surface area contributed by atoms with Crippen LogP contribution in [-0.4, -0.2) is 50.2 Å². The third kappa shape index (κ3) is 4.09. The second kappa shape index (κ2) is 7.60. The van der Waals surface area contributed by atoms with Gasteiger partial charge < -0.3 is 15.7 Å². The van der Waals surface area contributed by atoms with Gasteiger partial charge in [0.2, 0.25) is 0 Å². The highest BCUT2D eigenvalue weighted by atomic mass is 19.4. The average Bonchev–Trinajstić information content (AvgIpc) is 3.39. The average molecular weight is 419 g/mol. The Hall–Kier alpha value is -3.14. The third-order valence-corrected chi connectivity index (χ3v) is 4.95. The molecular weight excluding hydrogens is 399 g/mol. The number of aliphatic hydroxyl groups excluding tert-OH is 1. The normalized spacial score (nSPS) is 15.2. The van der Waals surface area contributed by atoms with Gasteiger partial charge in [0.15, 0.2) is 17.6 Å². The fourth-order valence-corrected chi connectivity index (χ4v) is 3.14. The summed E-state index contributed by atoms with van der Waals surface area (Å²) in [5.74, 6) is 0.0304. The van der Waals surface area contributed by atoms with Crippen molar-refractivity contribution in [3.63, 3.8) is 0 Å². The molecular formula is C20H20F3N5O2.